The van der Waals surface area contributed by atoms with Crippen LogP contribution in [0.2, 0.25) is 0 Å². The van der Waals surface area contributed by atoms with Crippen LogP contribution < -0.4 is 10.6 Å². The van der Waals surface area contributed by atoms with Crippen LogP contribution >= 0.6 is 0 Å². The van der Waals surface area contributed by atoms with E-state index in [2.05, 4.69) is 15.7 Å². The van der Waals surface area contributed by atoms with Gasteiger partial charge in [0.15, 0.2) is 0 Å². The number of aryl methyl sites for hydroxylation is 1. The van der Waals surface area contributed by atoms with E-state index in [-0.39, 0.29) is 0 Å². The number of carbonyl (C=O) groups is 2. The molecule has 1 atom stereocenters. The fourth-order valence-corrected chi connectivity index (χ4v) is 1.44. The Morgan fingerprint density at radius 3 is 2.67 bits per heavy atom. The molecule has 7 nitrogen and oxygen atoms in total. The summed E-state index contributed by atoms with van der Waals surface area (Å²) in [5, 5.41) is 17.8. The second kappa shape index (κ2) is 6.04. The highest BCUT2D eigenvalue weighted by molar-refractivity contribution is 5.82. The lowest BCUT2D eigenvalue weighted by Gasteiger charge is -2.13. The molecule has 7 heteroatoms. The monoisotopic (exact) mass is 254 g/mol. The number of nitrogens with one attached hydrogen (secondary N) is 2. The molecule has 3 N–H and O–H groups in total. The van der Waals surface area contributed by atoms with E-state index in [1.807, 2.05) is 14.0 Å². The molecule has 0 aromatic carbocycles. The standard InChI is InChI=1S/C11H18N4O3/c1-4-9(10(16)17)14-11(18)12-5-8-6-13-15(3)7(8)2/h6,9H,4-5H2,1-3H3,(H,16,17)(H2,12,14,18)/t9-/m1/s1. The van der Waals surface area contributed by atoms with Crippen molar-refractivity contribution in [2.45, 2.75) is 32.9 Å². The van der Waals surface area contributed by atoms with Crippen molar-refractivity contribution in [3.05, 3.63) is 17.5 Å². The normalized spacial score (nSPS) is 11.9. The number of carboxylic acids is 1. The first kappa shape index (κ1) is 14.0. The summed E-state index contributed by atoms with van der Waals surface area (Å²) < 4.78 is 1.71. The van der Waals surface area contributed by atoms with E-state index in [9.17, 15) is 9.59 Å². The van der Waals surface area contributed by atoms with Gasteiger partial charge in [-0.05, 0) is 13.3 Å². The number of urea groups is 1. The number of rotatable bonds is 5. The molecule has 1 aromatic rings. The Balaban J connectivity index is 2.46. The van der Waals surface area contributed by atoms with Crippen LogP contribution in [-0.2, 0) is 18.4 Å². The predicted molar refractivity (Wildman–Crippen MR) is 65.0 cm³/mol. The largest absolute Gasteiger partial charge is 0.480 e. The molecule has 2 amide bonds. The highest BCUT2D eigenvalue weighted by Crippen LogP contribution is 2.04. The number of aliphatic carboxylic acids is 1. The Kier molecular flexibility index (Phi) is 4.70. The van der Waals surface area contributed by atoms with E-state index in [1.54, 1.807) is 17.8 Å². The van der Waals surface area contributed by atoms with Gasteiger partial charge in [-0.25, -0.2) is 9.59 Å². The number of nitrogens with zero attached hydrogens (tertiary/aromatic N) is 2. The summed E-state index contributed by atoms with van der Waals surface area (Å²) in [7, 11) is 1.82. The fraction of sp³-hybridized carbons (Fsp3) is 0.545. The van der Waals surface area contributed by atoms with Crippen molar-refractivity contribution in [2.24, 2.45) is 7.05 Å². The van der Waals surface area contributed by atoms with Gasteiger partial charge in [-0.15, -0.1) is 0 Å². The molecule has 0 saturated heterocycles. The first-order chi connectivity index (χ1) is 8.45. The second-order valence-electron chi connectivity index (χ2n) is 4.00. The molecule has 0 radical (unpaired) electrons. The van der Waals surface area contributed by atoms with Crippen molar-refractivity contribution >= 4 is 12.0 Å². The average Bonchev–Trinajstić information content (AvgIpc) is 2.64. The van der Waals surface area contributed by atoms with Crippen LogP contribution in [0.15, 0.2) is 6.20 Å². The zero-order valence-electron chi connectivity index (χ0n) is 10.7. The molecule has 1 heterocycles. The summed E-state index contributed by atoms with van der Waals surface area (Å²) in [6, 6.07) is -1.35. The Morgan fingerprint density at radius 1 is 1.56 bits per heavy atom. The lowest BCUT2D eigenvalue weighted by atomic mass is 10.2. The van der Waals surface area contributed by atoms with Crippen LogP contribution in [0.4, 0.5) is 4.79 Å². The second-order valence-corrected chi connectivity index (χ2v) is 4.00. The molecular formula is C11H18N4O3. The van der Waals surface area contributed by atoms with Crippen molar-refractivity contribution in [3.8, 4) is 0 Å². The van der Waals surface area contributed by atoms with Crippen molar-refractivity contribution in [1.82, 2.24) is 20.4 Å². The molecule has 0 spiro atoms. The van der Waals surface area contributed by atoms with Crippen molar-refractivity contribution in [1.29, 1.82) is 0 Å². The quantitative estimate of drug-likeness (QED) is 0.708. The molecule has 0 aliphatic heterocycles. The lowest BCUT2D eigenvalue weighted by molar-refractivity contribution is -0.139. The Hall–Kier alpha value is -2.05. The summed E-state index contributed by atoms with van der Waals surface area (Å²) in [6.45, 7) is 3.92. The molecule has 1 rings (SSSR count). The van der Waals surface area contributed by atoms with Gasteiger partial charge in [-0.3, -0.25) is 4.68 Å². The summed E-state index contributed by atoms with van der Waals surface area (Å²) in [6.07, 6.45) is 2.01. The third-order valence-electron chi connectivity index (χ3n) is 2.79. The highest BCUT2D eigenvalue weighted by atomic mass is 16.4. The molecule has 100 valence electrons. The van der Waals surface area contributed by atoms with Crippen LogP contribution in [0, 0.1) is 6.92 Å². The first-order valence-electron chi connectivity index (χ1n) is 5.70. The van der Waals surface area contributed by atoms with E-state index in [1.165, 1.54) is 0 Å². The van der Waals surface area contributed by atoms with Crippen LogP contribution in [0.5, 0.6) is 0 Å². The van der Waals surface area contributed by atoms with Crippen molar-refractivity contribution < 1.29 is 14.7 Å². The van der Waals surface area contributed by atoms with Crippen molar-refractivity contribution in [3.63, 3.8) is 0 Å². The minimum absolute atomic E-state index is 0.321. The van der Waals surface area contributed by atoms with Crippen LogP contribution in [0.3, 0.4) is 0 Å². The Morgan fingerprint density at radius 2 is 2.22 bits per heavy atom. The van der Waals surface area contributed by atoms with E-state index in [0.717, 1.165) is 11.3 Å². The van der Waals surface area contributed by atoms with E-state index >= 15 is 0 Å². The summed E-state index contributed by atoms with van der Waals surface area (Å²) in [4.78, 5) is 22.2. The summed E-state index contributed by atoms with van der Waals surface area (Å²) in [5.41, 5.74) is 1.86. The summed E-state index contributed by atoms with van der Waals surface area (Å²) >= 11 is 0. The maximum atomic E-state index is 11.5. The first-order valence-corrected chi connectivity index (χ1v) is 5.70. The minimum atomic E-state index is -1.04. The summed E-state index contributed by atoms with van der Waals surface area (Å²) in [5.74, 6) is -1.04. The third-order valence-corrected chi connectivity index (χ3v) is 2.79. The molecule has 0 aliphatic carbocycles. The molecule has 0 fully saturated rings. The molecule has 0 saturated carbocycles. The Labute approximate surface area is 105 Å². The van der Waals surface area contributed by atoms with Gasteiger partial charge in [-0.1, -0.05) is 6.92 Å². The lowest BCUT2D eigenvalue weighted by Crippen LogP contribution is -2.45. The average molecular weight is 254 g/mol. The van der Waals surface area contributed by atoms with Gasteiger partial charge in [0.2, 0.25) is 0 Å². The van der Waals surface area contributed by atoms with Crippen LogP contribution in [-0.4, -0.2) is 32.9 Å². The molecule has 0 unspecified atom stereocenters. The molecule has 18 heavy (non-hydrogen) atoms. The predicted octanol–water partition coefficient (Wildman–Crippen LogP) is 0.391. The minimum Gasteiger partial charge on any atom is -0.480 e. The SMILES string of the molecule is CC[C@@H](NC(=O)NCc1cnn(C)c1C)C(=O)O. The van der Waals surface area contributed by atoms with Gasteiger partial charge in [0, 0.05) is 24.8 Å². The van der Waals surface area contributed by atoms with E-state index < -0.39 is 18.0 Å². The van der Waals surface area contributed by atoms with Crippen molar-refractivity contribution in [2.75, 3.05) is 0 Å². The molecule has 0 aliphatic rings. The zero-order chi connectivity index (χ0) is 13.7. The maximum absolute atomic E-state index is 11.5. The highest BCUT2D eigenvalue weighted by Gasteiger charge is 2.17. The van der Waals surface area contributed by atoms with Gasteiger partial charge >= 0.3 is 12.0 Å². The topological polar surface area (TPSA) is 96.3 Å². The number of hydrogen-bond donors (Lipinski definition) is 3. The Bertz CT molecular complexity index is 441. The van der Waals surface area contributed by atoms with E-state index in [4.69, 9.17) is 5.11 Å². The maximum Gasteiger partial charge on any atom is 0.326 e. The molecule has 1 aromatic heterocycles. The van der Waals surface area contributed by atoms with E-state index in [0.29, 0.717) is 13.0 Å². The van der Waals surface area contributed by atoms with Gasteiger partial charge in [0.25, 0.3) is 0 Å². The van der Waals surface area contributed by atoms with Crippen LogP contribution in [0.1, 0.15) is 24.6 Å². The molecular weight excluding hydrogens is 236 g/mol. The van der Waals surface area contributed by atoms with Gasteiger partial charge < -0.3 is 15.7 Å². The number of hydrogen-bond acceptors (Lipinski definition) is 3. The number of carboxylic acid groups (broad SMARTS) is 1. The number of carbonyl (C=O) groups excluding carboxylic acids is 1. The molecule has 0 bridgehead atoms. The zero-order valence-corrected chi connectivity index (χ0v) is 10.7. The van der Waals surface area contributed by atoms with Gasteiger partial charge in [-0.2, -0.15) is 5.10 Å². The number of aromatic nitrogens is 2. The number of amides is 2. The third kappa shape index (κ3) is 3.47. The van der Waals surface area contributed by atoms with Crippen LogP contribution in [0.25, 0.3) is 0 Å². The van der Waals surface area contributed by atoms with Gasteiger partial charge in [0.05, 0.1) is 6.20 Å². The smallest absolute Gasteiger partial charge is 0.326 e. The van der Waals surface area contributed by atoms with Gasteiger partial charge in [0.1, 0.15) is 6.04 Å². The fourth-order valence-electron chi connectivity index (χ4n) is 1.44.